The Morgan fingerprint density at radius 3 is 2.38 bits per heavy atom. The number of amides is 1. The summed E-state index contributed by atoms with van der Waals surface area (Å²) in [6, 6.07) is -0.607. The lowest BCUT2D eigenvalue weighted by atomic mass is 10.1. The second-order valence-electron chi connectivity index (χ2n) is 5.58. The summed E-state index contributed by atoms with van der Waals surface area (Å²) in [6.45, 7) is 3.88. The first kappa shape index (κ1) is 20.1. The fourth-order valence-electron chi connectivity index (χ4n) is 2.16. The minimum Gasteiger partial charge on any atom is -0.394 e. The Bertz CT molecular complexity index is 279. The van der Waals surface area contributed by atoms with Crippen LogP contribution >= 0.6 is 0 Å². The topological polar surface area (TPSA) is 69.6 Å². The molecule has 2 unspecified atom stereocenters. The van der Waals surface area contributed by atoms with Crippen LogP contribution in [-0.4, -0.2) is 34.9 Å². The molecule has 1 amide bonds. The summed E-state index contributed by atoms with van der Waals surface area (Å²) in [5, 5.41) is 21.8. The molecule has 0 spiro atoms. The zero-order valence-corrected chi connectivity index (χ0v) is 13.7. The molecule has 3 N–H and O–H groups in total. The summed E-state index contributed by atoms with van der Waals surface area (Å²) in [5.74, 6) is -0.125. The molecule has 0 aliphatic rings. The van der Waals surface area contributed by atoms with E-state index in [0.717, 1.165) is 19.3 Å². The van der Waals surface area contributed by atoms with Crippen LogP contribution in [-0.2, 0) is 4.79 Å². The summed E-state index contributed by atoms with van der Waals surface area (Å²) in [5.41, 5.74) is 0. The van der Waals surface area contributed by atoms with Gasteiger partial charge in [-0.2, -0.15) is 0 Å². The van der Waals surface area contributed by atoms with Crippen LogP contribution in [0, 0.1) is 0 Å². The van der Waals surface area contributed by atoms with E-state index in [-0.39, 0.29) is 12.5 Å². The van der Waals surface area contributed by atoms with E-state index in [0.29, 0.717) is 6.42 Å². The monoisotopic (exact) mass is 299 g/mol. The number of allylic oxidation sites excluding steroid dienone is 1. The first-order valence-corrected chi connectivity index (χ1v) is 8.40. The van der Waals surface area contributed by atoms with E-state index < -0.39 is 12.1 Å². The second-order valence-corrected chi connectivity index (χ2v) is 5.58. The van der Waals surface area contributed by atoms with Crippen molar-refractivity contribution in [3.05, 3.63) is 12.2 Å². The number of carbonyl (C=O) groups excluding carboxylic acids is 1. The third kappa shape index (κ3) is 11.5. The van der Waals surface area contributed by atoms with Crippen LogP contribution in [0.2, 0.25) is 0 Å². The van der Waals surface area contributed by atoms with Crippen molar-refractivity contribution < 1.29 is 15.0 Å². The molecule has 0 rings (SSSR count). The maximum atomic E-state index is 11.5. The largest absolute Gasteiger partial charge is 0.394 e. The van der Waals surface area contributed by atoms with Crippen molar-refractivity contribution in [1.29, 1.82) is 0 Å². The molecule has 0 radical (unpaired) electrons. The number of nitrogens with one attached hydrogen (secondary N) is 1. The van der Waals surface area contributed by atoms with Gasteiger partial charge in [0.05, 0.1) is 18.8 Å². The lowest BCUT2D eigenvalue weighted by molar-refractivity contribution is -0.122. The predicted octanol–water partition coefficient (Wildman–Crippen LogP) is 2.93. The van der Waals surface area contributed by atoms with Crippen molar-refractivity contribution >= 4 is 5.91 Å². The van der Waals surface area contributed by atoms with E-state index in [1.54, 1.807) is 6.08 Å². The van der Waals surface area contributed by atoms with Gasteiger partial charge in [-0.25, -0.2) is 0 Å². The van der Waals surface area contributed by atoms with Crippen LogP contribution < -0.4 is 5.32 Å². The van der Waals surface area contributed by atoms with Crippen molar-refractivity contribution in [2.45, 2.75) is 83.8 Å². The maximum Gasteiger partial charge on any atom is 0.220 e. The zero-order valence-electron chi connectivity index (χ0n) is 13.7. The summed E-state index contributed by atoms with van der Waals surface area (Å²) in [7, 11) is 0. The van der Waals surface area contributed by atoms with Crippen LogP contribution in [0.25, 0.3) is 0 Å². The van der Waals surface area contributed by atoms with Gasteiger partial charge in [-0.3, -0.25) is 4.79 Å². The Morgan fingerprint density at radius 1 is 1.10 bits per heavy atom. The lowest BCUT2D eigenvalue weighted by Gasteiger charge is -2.19. The molecule has 0 saturated carbocycles. The van der Waals surface area contributed by atoms with Gasteiger partial charge in [0.15, 0.2) is 0 Å². The third-order valence-electron chi connectivity index (χ3n) is 3.49. The molecule has 0 fully saturated rings. The van der Waals surface area contributed by atoms with E-state index in [4.69, 9.17) is 0 Å². The van der Waals surface area contributed by atoms with E-state index in [2.05, 4.69) is 12.2 Å². The fourth-order valence-corrected chi connectivity index (χ4v) is 2.16. The molecular formula is C17H33NO3. The van der Waals surface area contributed by atoms with Crippen LogP contribution in [0.3, 0.4) is 0 Å². The maximum absolute atomic E-state index is 11.5. The van der Waals surface area contributed by atoms with Crippen molar-refractivity contribution in [1.82, 2.24) is 5.32 Å². The number of carbonyl (C=O) groups is 1. The van der Waals surface area contributed by atoms with E-state index in [1.165, 1.54) is 32.1 Å². The molecule has 0 aromatic rings. The van der Waals surface area contributed by atoms with Gasteiger partial charge in [-0.05, 0) is 19.3 Å². The molecule has 2 atom stereocenters. The lowest BCUT2D eigenvalue weighted by Crippen LogP contribution is -2.45. The van der Waals surface area contributed by atoms with Crippen molar-refractivity contribution in [3.8, 4) is 0 Å². The quantitative estimate of drug-likeness (QED) is 0.362. The molecule has 4 nitrogen and oxygen atoms in total. The van der Waals surface area contributed by atoms with Gasteiger partial charge < -0.3 is 15.5 Å². The molecule has 0 aliphatic carbocycles. The van der Waals surface area contributed by atoms with Crippen molar-refractivity contribution in [2.75, 3.05) is 6.61 Å². The smallest absolute Gasteiger partial charge is 0.220 e. The molecule has 0 heterocycles. The molecule has 4 heteroatoms. The molecule has 0 saturated heterocycles. The summed E-state index contributed by atoms with van der Waals surface area (Å²) in [6.07, 6.45) is 12.4. The molecule has 0 aromatic carbocycles. The Labute approximate surface area is 129 Å². The van der Waals surface area contributed by atoms with Gasteiger partial charge >= 0.3 is 0 Å². The third-order valence-corrected chi connectivity index (χ3v) is 3.49. The zero-order chi connectivity index (χ0) is 15.9. The Kier molecular flexibility index (Phi) is 13.5. The minimum atomic E-state index is -0.823. The normalized spacial score (nSPS) is 14.3. The summed E-state index contributed by atoms with van der Waals surface area (Å²) >= 11 is 0. The highest BCUT2D eigenvalue weighted by Crippen LogP contribution is 2.07. The SMILES string of the molecule is CCCCCCCC/C=C/C(O)C(CO)NC(=O)CCC. The molecule has 21 heavy (non-hydrogen) atoms. The molecule has 0 bridgehead atoms. The van der Waals surface area contributed by atoms with Crippen LogP contribution in [0.1, 0.15) is 71.6 Å². The second kappa shape index (κ2) is 14.1. The highest BCUT2D eigenvalue weighted by atomic mass is 16.3. The molecular weight excluding hydrogens is 266 g/mol. The van der Waals surface area contributed by atoms with E-state index in [1.807, 2.05) is 13.0 Å². The highest BCUT2D eigenvalue weighted by molar-refractivity contribution is 5.76. The number of unbranched alkanes of at least 4 members (excludes halogenated alkanes) is 6. The van der Waals surface area contributed by atoms with Crippen molar-refractivity contribution in [2.24, 2.45) is 0 Å². The summed E-state index contributed by atoms with van der Waals surface area (Å²) in [4.78, 5) is 11.5. The standard InChI is InChI=1S/C17H33NO3/c1-3-5-6-7-8-9-10-11-13-16(20)15(14-19)18-17(21)12-4-2/h11,13,15-16,19-20H,3-10,12,14H2,1-2H3,(H,18,21)/b13-11+. The van der Waals surface area contributed by atoms with Gasteiger partial charge in [-0.1, -0.05) is 58.1 Å². The van der Waals surface area contributed by atoms with Gasteiger partial charge in [-0.15, -0.1) is 0 Å². The number of hydrogen-bond donors (Lipinski definition) is 3. The van der Waals surface area contributed by atoms with E-state index >= 15 is 0 Å². The van der Waals surface area contributed by atoms with Crippen molar-refractivity contribution in [3.63, 3.8) is 0 Å². The molecule has 0 aliphatic heterocycles. The Balaban J connectivity index is 3.83. The molecule has 0 aromatic heterocycles. The van der Waals surface area contributed by atoms with Gasteiger partial charge in [0.1, 0.15) is 0 Å². The van der Waals surface area contributed by atoms with Gasteiger partial charge in [0.2, 0.25) is 5.91 Å². The predicted molar refractivity (Wildman–Crippen MR) is 87.1 cm³/mol. The Hall–Kier alpha value is -0.870. The average Bonchev–Trinajstić information content (AvgIpc) is 2.47. The van der Waals surface area contributed by atoms with Crippen LogP contribution in [0.5, 0.6) is 0 Å². The fraction of sp³-hybridized carbons (Fsp3) is 0.824. The Morgan fingerprint density at radius 2 is 1.76 bits per heavy atom. The molecule has 124 valence electrons. The highest BCUT2D eigenvalue weighted by Gasteiger charge is 2.17. The number of hydrogen-bond acceptors (Lipinski definition) is 3. The van der Waals surface area contributed by atoms with Crippen LogP contribution in [0.4, 0.5) is 0 Å². The number of rotatable bonds is 13. The van der Waals surface area contributed by atoms with Gasteiger partial charge in [0.25, 0.3) is 0 Å². The minimum absolute atomic E-state index is 0.125. The number of aliphatic hydroxyl groups excluding tert-OH is 2. The first-order chi connectivity index (χ1) is 10.2. The first-order valence-electron chi connectivity index (χ1n) is 8.40. The van der Waals surface area contributed by atoms with Crippen LogP contribution in [0.15, 0.2) is 12.2 Å². The average molecular weight is 299 g/mol. The summed E-state index contributed by atoms with van der Waals surface area (Å²) < 4.78 is 0. The van der Waals surface area contributed by atoms with E-state index in [9.17, 15) is 15.0 Å². The van der Waals surface area contributed by atoms with Gasteiger partial charge in [0, 0.05) is 6.42 Å². The number of aliphatic hydroxyl groups is 2.